The highest BCUT2D eigenvalue weighted by Gasteiger charge is 2.03. The summed E-state index contributed by atoms with van der Waals surface area (Å²) in [4.78, 5) is 13.6. The zero-order valence-electron chi connectivity index (χ0n) is 11.2. The Balaban J connectivity index is 2.41. The minimum absolute atomic E-state index is 0.0537. The van der Waals surface area contributed by atoms with Crippen molar-refractivity contribution in [3.63, 3.8) is 0 Å². The molecule has 100 valence electrons. The molecule has 0 aliphatic carbocycles. The zero-order valence-corrected chi connectivity index (χ0v) is 11.2. The molecule has 1 aromatic rings. The summed E-state index contributed by atoms with van der Waals surface area (Å²) >= 11 is 0. The van der Waals surface area contributed by atoms with Gasteiger partial charge in [0.25, 0.3) is 0 Å². The summed E-state index contributed by atoms with van der Waals surface area (Å²) in [6.07, 6.45) is 0. The molecule has 0 unspecified atom stereocenters. The lowest BCUT2D eigenvalue weighted by atomic mass is 10.2. The molecule has 2 N–H and O–H groups in total. The van der Waals surface area contributed by atoms with Crippen LogP contribution in [0.15, 0.2) is 24.3 Å². The number of hydrogen-bond donors (Lipinski definition) is 2. The van der Waals surface area contributed by atoms with Gasteiger partial charge < -0.3 is 20.3 Å². The van der Waals surface area contributed by atoms with E-state index in [2.05, 4.69) is 10.6 Å². The second-order valence-electron chi connectivity index (χ2n) is 4.16. The minimum atomic E-state index is -0.0537. The Bertz CT molecular complexity index is 380. The minimum Gasteiger partial charge on any atom is -0.383 e. The molecule has 1 aromatic carbocycles. The predicted octanol–water partition coefficient (Wildman–Crippen LogP) is 0.927. The summed E-state index contributed by atoms with van der Waals surface area (Å²) in [5, 5.41) is 5.84. The van der Waals surface area contributed by atoms with E-state index >= 15 is 0 Å². The van der Waals surface area contributed by atoms with E-state index in [4.69, 9.17) is 4.74 Å². The fourth-order valence-corrected chi connectivity index (χ4v) is 1.44. The van der Waals surface area contributed by atoms with E-state index in [-0.39, 0.29) is 12.5 Å². The molecule has 5 nitrogen and oxygen atoms in total. The van der Waals surface area contributed by atoms with E-state index in [0.29, 0.717) is 13.2 Å². The maximum Gasteiger partial charge on any atom is 0.238 e. The summed E-state index contributed by atoms with van der Waals surface area (Å²) in [5.74, 6) is -0.0537. The normalized spacial score (nSPS) is 10.2. The second-order valence-corrected chi connectivity index (χ2v) is 4.16. The number of carbonyl (C=O) groups excluding carboxylic acids is 1. The van der Waals surface area contributed by atoms with Gasteiger partial charge in [-0.1, -0.05) is 6.07 Å². The standard InChI is InChI=1S/C13H21N3O2/c1-16(2)12-6-4-5-11(9-12)15-13(17)10-14-7-8-18-3/h4-6,9,14H,7-8,10H2,1-3H3,(H,15,17). The lowest BCUT2D eigenvalue weighted by Gasteiger charge is -2.14. The number of amides is 1. The quantitative estimate of drug-likeness (QED) is 0.708. The molecule has 0 aliphatic heterocycles. The number of anilines is 2. The average Bonchev–Trinajstić information content (AvgIpc) is 2.35. The first-order chi connectivity index (χ1) is 8.63. The van der Waals surface area contributed by atoms with Gasteiger partial charge in [0.2, 0.25) is 5.91 Å². The van der Waals surface area contributed by atoms with Crippen molar-refractivity contribution in [2.45, 2.75) is 0 Å². The molecule has 0 bridgehead atoms. The lowest BCUT2D eigenvalue weighted by Crippen LogP contribution is -2.30. The summed E-state index contributed by atoms with van der Waals surface area (Å²) < 4.78 is 4.88. The van der Waals surface area contributed by atoms with Crippen LogP contribution in [0.2, 0.25) is 0 Å². The van der Waals surface area contributed by atoms with Gasteiger partial charge in [-0.3, -0.25) is 4.79 Å². The summed E-state index contributed by atoms with van der Waals surface area (Å²) in [6, 6.07) is 7.73. The molecule has 18 heavy (non-hydrogen) atoms. The second kappa shape index (κ2) is 7.68. The van der Waals surface area contributed by atoms with Crippen molar-refractivity contribution in [3.8, 4) is 0 Å². The highest BCUT2D eigenvalue weighted by atomic mass is 16.5. The molecule has 0 fully saturated rings. The molecule has 1 amide bonds. The van der Waals surface area contributed by atoms with Gasteiger partial charge in [0, 0.05) is 39.1 Å². The SMILES string of the molecule is COCCNCC(=O)Nc1cccc(N(C)C)c1. The van der Waals surface area contributed by atoms with Crippen molar-refractivity contribution in [1.29, 1.82) is 0 Å². The average molecular weight is 251 g/mol. The van der Waals surface area contributed by atoms with Gasteiger partial charge in [-0.15, -0.1) is 0 Å². The van der Waals surface area contributed by atoms with Crippen molar-refractivity contribution in [3.05, 3.63) is 24.3 Å². The van der Waals surface area contributed by atoms with Gasteiger partial charge in [0.1, 0.15) is 0 Å². The number of methoxy groups -OCH3 is 1. The maximum atomic E-state index is 11.6. The number of nitrogens with zero attached hydrogens (tertiary/aromatic N) is 1. The van der Waals surface area contributed by atoms with E-state index < -0.39 is 0 Å². The zero-order chi connectivity index (χ0) is 13.4. The number of ether oxygens (including phenoxy) is 1. The Hall–Kier alpha value is -1.59. The highest BCUT2D eigenvalue weighted by Crippen LogP contribution is 2.16. The first-order valence-corrected chi connectivity index (χ1v) is 5.90. The first kappa shape index (κ1) is 14.5. The molecule has 0 saturated heterocycles. The van der Waals surface area contributed by atoms with Gasteiger partial charge in [0.15, 0.2) is 0 Å². The number of benzene rings is 1. The third-order valence-corrected chi connectivity index (χ3v) is 2.41. The van der Waals surface area contributed by atoms with Crippen LogP contribution >= 0.6 is 0 Å². The monoisotopic (exact) mass is 251 g/mol. The van der Waals surface area contributed by atoms with Gasteiger partial charge in [-0.05, 0) is 18.2 Å². The molecule has 0 heterocycles. The summed E-state index contributed by atoms with van der Waals surface area (Å²) in [7, 11) is 5.56. The van der Waals surface area contributed by atoms with Crippen LogP contribution in [0.4, 0.5) is 11.4 Å². The first-order valence-electron chi connectivity index (χ1n) is 5.90. The van der Waals surface area contributed by atoms with Crippen molar-refractivity contribution in [1.82, 2.24) is 5.32 Å². The largest absolute Gasteiger partial charge is 0.383 e. The third kappa shape index (κ3) is 5.16. The summed E-state index contributed by atoms with van der Waals surface area (Å²) in [5.41, 5.74) is 1.86. The number of rotatable bonds is 7. The van der Waals surface area contributed by atoms with Crippen LogP contribution < -0.4 is 15.5 Å². The van der Waals surface area contributed by atoms with E-state index in [9.17, 15) is 4.79 Å². The van der Waals surface area contributed by atoms with Crippen LogP contribution in [0.25, 0.3) is 0 Å². The van der Waals surface area contributed by atoms with Crippen LogP contribution in [0, 0.1) is 0 Å². The molecule has 0 spiro atoms. The fraction of sp³-hybridized carbons (Fsp3) is 0.462. The molecule has 5 heteroatoms. The van der Waals surface area contributed by atoms with E-state index in [1.807, 2.05) is 43.3 Å². The fourth-order valence-electron chi connectivity index (χ4n) is 1.44. The van der Waals surface area contributed by atoms with Crippen LogP contribution in [-0.4, -0.2) is 46.8 Å². The third-order valence-electron chi connectivity index (χ3n) is 2.41. The van der Waals surface area contributed by atoms with Gasteiger partial charge >= 0.3 is 0 Å². The smallest absolute Gasteiger partial charge is 0.238 e. The lowest BCUT2D eigenvalue weighted by molar-refractivity contribution is -0.115. The van der Waals surface area contributed by atoms with E-state index in [1.165, 1.54) is 0 Å². The van der Waals surface area contributed by atoms with Gasteiger partial charge in [-0.2, -0.15) is 0 Å². The maximum absolute atomic E-state index is 11.6. The van der Waals surface area contributed by atoms with Crippen LogP contribution in [0.3, 0.4) is 0 Å². The van der Waals surface area contributed by atoms with E-state index in [1.54, 1.807) is 7.11 Å². The molecular weight excluding hydrogens is 230 g/mol. The predicted molar refractivity (Wildman–Crippen MR) is 74.1 cm³/mol. The number of carbonyl (C=O) groups is 1. The van der Waals surface area contributed by atoms with Crippen molar-refractivity contribution >= 4 is 17.3 Å². The Morgan fingerprint density at radius 3 is 2.83 bits per heavy atom. The Kier molecular flexibility index (Phi) is 6.18. The molecule has 0 saturated carbocycles. The molecule has 0 aliphatic rings. The Labute approximate surface area is 108 Å². The molecular formula is C13H21N3O2. The Morgan fingerprint density at radius 1 is 1.39 bits per heavy atom. The number of hydrogen-bond acceptors (Lipinski definition) is 4. The van der Waals surface area contributed by atoms with Gasteiger partial charge in [0.05, 0.1) is 13.2 Å². The molecule has 0 radical (unpaired) electrons. The van der Waals surface area contributed by atoms with E-state index in [0.717, 1.165) is 11.4 Å². The van der Waals surface area contributed by atoms with Crippen LogP contribution in [0.5, 0.6) is 0 Å². The van der Waals surface area contributed by atoms with Crippen molar-refractivity contribution in [2.24, 2.45) is 0 Å². The van der Waals surface area contributed by atoms with Crippen LogP contribution in [-0.2, 0) is 9.53 Å². The van der Waals surface area contributed by atoms with Gasteiger partial charge in [-0.25, -0.2) is 0 Å². The molecule has 1 rings (SSSR count). The van der Waals surface area contributed by atoms with Crippen molar-refractivity contribution in [2.75, 3.05) is 51.1 Å². The Morgan fingerprint density at radius 2 is 2.17 bits per heavy atom. The van der Waals surface area contributed by atoms with Crippen LogP contribution in [0.1, 0.15) is 0 Å². The summed E-state index contributed by atoms with van der Waals surface area (Å²) in [6.45, 7) is 1.56. The molecule has 0 aromatic heterocycles. The number of nitrogens with one attached hydrogen (secondary N) is 2. The topological polar surface area (TPSA) is 53.6 Å². The van der Waals surface area contributed by atoms with Crippen molar-refractivity contribution < 1.29 is 9.53 Å². The molecule has 0 atom stereocenters. The highest BCUT2D eigenvalue weighted by molar-refractivity contribution is 5.92.